The highest BCUT2D eigenvalue weighted by atomic mass is 35.5. The number of allylic oxidation sites excluding steroid dienone is 1. The Morgan fingerprint density at radius 2 is 2.00 bits per heavy atom. The summed E-state index contributed by atoms with van der Waals surface area (Å²) in [5, 5.41) is 0.148. The summed E-state index contributed by atoms with van der Waals surface area (Å²) in [4.78, 5) is 16.0. The molecule has 0 unspecified atom stereocenters. The molecule has 1 aromatic rings. The summed E-state index contributed by atoms with van der Waals surface area (Å²) in [7, 11) is 5.18. The summed E-state index contributed by atoms with van der Waals surface area (Å²) in [6.07, 6.45) is 3.00. The van der Waals surface area contributed by atoms with Crippen LogP contribution in [0.4, 0.5) is 0 Å². The van der Waals surface area contributed by atoms with Gasteiger partial charge in [0.1, 0.15) is 5.17 Å². The van der Waals surface area contributed by atoms with Crippen LogP contribution in [0.2, 0.25) is 0 Å². The van der Waals surface area contributed by atoms with Crippen molar-refractivity contribution in [3.8, 4) is 11.5 Å². The van der Waals surface area contributed by atoms with Gasteiger partial charge >= 0.3 is 0 Å². The van der Waals surface area contributed by atoms with Crippen molar-refractivity contribution in [2.75, 3.05) is 27.8 Å². The van der Waals surface area contributed by atoms with Crippen LogP contribution >= 0.6 is 11.6 Å². The number of hydrogen-bond donors (Lipinski definition) is 0. The molecule has 0 N–H and O–H groups in total. The number of carbonyl (C=O) groups excluding carboxylic acids is 1. The summed E-state index contributed by atoms with van der Waals surface area (Å²) < 4.78 is 10.7. The van der Waals surface area contributed by atoms with Gasteiger partial charge in [0.25, 0.3) is 0 Å². The van der Waals surface area contributed by atoms with E-state index in [0.717, 1.165) is 29.8 Å². The highest BCUT2D eigenvalue weighted by Gasteiger charge is 2.21. The molecule has 1 aliphatic heterocycles. The van der Waals surface area contributed by atoms with Crippen LogP contribution in [0.1, 0.15) is 11.1 Å². The number of fused-ring (bicyclic) bond motifs is 1. The Kier molecular flexibility index (Phi) is 4.85. The molecule has 1 amide bonds. The number of hydrogen-bond acceptors (Lipinski definition) is 4. The number of likely N-dealkylation sites (N-methyl/N-ethyl adjacent to an activating group) is 1. The second-order valence-corrected chi connectivity index (χ2v) is 5.01. The number of carbonyl (C=O) groups is 1. The Morgan fingerprint density at radius 3 is 2.62 bits per heavy atom. The fraction of sp³-hybridized carbons (Fsp3) is 0.333. The number of amides is 1. The Hall–Kier alpha value is -2.01. The first-order chi connectivity index (χ1) is 10.1. The van der Waals surface area contributed by atoms with Gasteiger partial charge in [0, 0.05) is 24.9 Å². The van der Waals surface area contributed by atoms with Crippen molar-refractivity contribution in [2.45, 2.75) is 6.42 Å². The first-order valence-corrected chi connectivity index (χ1v) is 6.83. The van der Waals surface area contributed by atoms with Gasteiger partial charge in [-0.1, -0.05) is 11.6 Å². The van der Waals surface area contributed by atoms with Crippen molar-refractivity contribution in [1.29, 1.82) is 0 Å². The maximum absolute atomic E-state index is 10.4. The lowest BCUT2D eigenvalue weighted by atomic mass is 9.95. The van der Waals surface area contributed by atoms with Crippen LogP contribution in [0.5, 0.6) is 11.5 Å². The van der Waals surface area contributed by atoms with Gasteiger partial charge in [-0.15, -0.1) is 0 Å². The van der Waals surface area contributed by atoms with Crippen molar-refractivity contribution in [3.63, 3.8) is 0 Å². The van der Waals surface area contributed by atoms with E-state index in [2.05, 4.69) is 9.89 Å². The Labute approximate surface area is 128 Å². The third kappa shape index (κ3) is 3.19. The molecule has 21 heavy (non-hydrogen) atoms. The first kappa shape index (κ1) is 15.4. The summed E-state index contributed by atoms with van der Waals surface area (Å²) in [6, 6.07) is 3.89. The molecule has 0 aromatic heterocycles. The van der Waals surface area contributed by atoms with Gasteiger partial charge < -0.3 is 14.4 Å². The highest BCUT2D eigenvalue weighted by molar-refractivity contribution is 6.69. The van der Waals surface area contributed by atoms with Crippen LogP contribution in [0.3, 0.4) is 0 Å². The highest BCUT2D eigenvalue weighted by Crippen LogP contribution is 2.37. The molecule has 0 fully saturated rings. The van der Waals surface area contributed by atoms with Crippen LogP contribution in [0.15, 0.2) is 23.2 Å². The fourth-order valence-corrected chi connectivity index (χ4v) is 2.51. The molecule has 5 nitrogen and oxygen atoms in total. The molecule has 0 aliphatic carbocycles. The monoisotopic (exact) mass is 308 g/mol. The molecule has 112 valence electrons. The van der Waals surface area contributed by atoms with E-state index in [9.17, 15) is 4.79 Å². The van der Waals surface area contributed by atoms with E-state index in [-0.39, 0.29) is 5.17 Å². The standard InChI is InChI=1S/C15H17ClN2O3/c1-18-5-4-10-6-13(20-2)14(21-3)7-11(10)12(18)8-15(16)17-9-19/h6-9H,4-5H2,1-3H3/b12-8-,17-15?. The van der Waals surface area contributed by atoms with Crippen molar-refractivity contribution < 1.29 is 14.3 Å². The SMILES string of the molecule is COc1cc2c(cc1OC)/C(=C/C(Cl)=NC=O)N(C)CC2. The van der Waals surface area contributed by atoms with Crippen molar-refractivity contribution in [2.24, 2.45) is 4.99 Å². The minimum Gasteiger partial charge on any atom is -0.493 e. The lowest BCUT2D eigenvalue weighted by Gasteiger charge is -2.30. The van der Waals surface area contributed by atoms with Crippen molar-refractivity contribution in [1.82, 2.24) is 4.90 Å². The van der Waals surface area contributed by atoms with Gasteiger partial charge in [-0.3, -0.25) is 4.79 Å². The minimum atomic E-state index is 0.148. The van der Waals surface area contributed by atoms with Crippen LogP contribution in [-0.2, 0) is 11.2 Å². The van der Waals surface area contributed by atoms with Crippen LogP contribution in [0, 0.1) is 0 Å². The van der Waals surface area contributed by atoms with Crippen LogP contribution in [0.25, 0.3) is 5.70 Å². The zero-order valence-electron chi connectivity index (χ0n) is 12.2. The third-order valence-electron chi connectivity index (χ3n) is 3.44. The quantitative estimate of drug-likeness (QED) is 0.633. The Morgan fingerprint density at radius 1 is 1.33 bits per heavy atom. The van der Waals surface area contributed by atoms with Crippen LogP contribution in [-0.4, -0.2) is 44.3 Å². The van der Waals surface area contributed by atoms with Crippen molar-refractivity contribution >= 4 is 28.9 Å². The predicted octanol–water partition coefficient (Wildman–Crippen LogP) is 2.33. The molecule has 0 atom stereocenters. The second kappa shape index (κ2) is 6.63. The third-order valence-corrected chi connectivity index (χ3v) is 3.65. The van der Waals surface area contributed by atoms with E-state index in [1.165, 1.54) is 0 Å². The van der Waals surface area contributed by atoms with Gasteiger partial charge in [-0.05, 0) is 30.2 Å². The van der Waals surface area contributed by atoms with Gasteiger partial charge in [0.2, 0.25) is 6.41 Å². The maximum atomic E-state index is 10.4. The van der Waals surface area contributed by atoms with E-state index in [1.54, 1.807) is 20.3 Å². The van der Waals surface area contributed by atoms with Gasteiger partial charge in [-0.25, -0.2) is 4.99 Å². The minimum absolute atomic E-state index is 0.148. The lowest BCUT2D eigenvalue weighted by Crippen LogP contribution is -2.26. The van der Waals surface area contributed by atoms with E-state index in [1.807, 2.05) is 19.2 Å². The molecule has 0 spiro atoms. The van der Waals surface area contributed by atoms with E-state index >= 15 is 0 Å². The van der Waals surface area contributed by atoms with Gasteiger partial charge in [0.15, 0.2) is 11.5 Å². The average Bonchev–Trinajstić information content (AvgIpc) is 2.49. The number of rotatable bonds is 4. The van der Waals surface area contributed by atoms with E-state index in [0.29, 0.717) is 17.9 Å². The summed E-state index contributed by atoms with van der Waals surface area (Å²) in [5.41, 5.74) is 3.04. The first-order valence-electron chi connectivity index (χ1n) is 6.45. The zero-order valence-corrected chi connectivity index (χ0v) is 13.0. The second-order valence-electron chi connectivity index (χ2n) is 4.62. The molecule has 0 radical (unpaired) electrons. The molecule has 0 saturated heterocycles. The molecule has 0 saturated carbocycles. The van der Waals surface area contributed by atoms with E-state index in [4.69, 9.17) is 21.1 Å². The van der Waals surface area contributed by atoms with Crippen LogP contribution < -0.4 is 9.47 Å². The topological polar surface area (TPSA) is 51.1 Å². The molecule has 0 bridgehead atoms. The number of ether oxygens (including phenoxy) is 2. The largest absolute Gasteiger partial charge is 0.493 e. The molecular formula is C15H17ClN2O3. The van der Waals surface area contributed by atoms with Crippen molar-refractivity contribution in [3.05, 3.63) is 29.3 Å². The predicted molar refractivity (Wildman–Crippen MR) is 83.2 cm³/mol. The average molecular weight is 309 g/mol. The molecule has 6 heteroatoms. The van der Waals surface area contributed by atoms with Gasteiger partial charge in [0.05, 0.1) is 14.2 Å². The molecule has 1 heterocycles. The number of methoxy groups -OCH3 is 2. The Balaban J connectivity index is 2.56. The fourth-order valence-electron chi connectivity index (χ4n) is 2.37. The maximum Gasteiger partial charge on any atom is 0.234 e. The van der Waals surface area contributed by atoms with E-state index < -0.39 is 0 Å². The lowest BCUT2D eigenvalue weighted by molar-refractivity contribution is -0.106. The summed E-state index contributed by atoms with van der Waals surface area (Å²) in [6.45, 7) is 0.847. The normalized spacial score (nSPS) is 16.7. The molecule has 2 rings (SSSR count). The van der Waals surface area contributed by atoms with Gasteiger partial charge in [-0.2, -0.15) is 0 Å². The zero-order chi connectivity index (χ0) is 15.4. The smallest absolute Gasteiger partial charge is 0.234 e. The number of halogens is 1. The molecular weight excluding hydrogens is 292 g/mol. The summed E-state index contributed by atoms with van der Waals surface area (Å²) in [5.74, 6) is 1.36. The number of aliphatic imine (C=N–C) groups is 1. The number of benzene rings is 1. The molecule has 1 aliphatic rings. The summed E-state index contributed by atoms with van der Waals surface area (Å²) >= 11 is 5.94. The Bertz CT molecular complexity index is 611. The molecule has 1 aromatic carbocycles. The number of nitrogens with zero attached hydrogens (tertiary/aromatic N) is 2.